The second-order valence-corrected chi connectivity index (χ2v) is 7.98. The molecule has 0 spiro atoms. The molecule has 1 aromatic carbocycles. The molecule has 8 nitrogen and oxygen atoms in total. The highest BCUT2D eigenvalue weighted by Gasteiger charge is 2.42. The Morgan fingerprint density at radius 2 is 2.11 bits per heavy atom. The van der Waals surface area contributed by atoms with Crippen LogP contribution in [0.5, 0.6) is 11.5 Å². The summed E-state index contributed by atoms with van der Waals surface area (Å²) in [5.41, 5.74) is 5.96. The van der Waals surface area contributed by atoms with Crippen LogP contribution in [-0.4, -0.2) is 55.1 Å². The lowest BCUT2D eigenvalue weighted by Gasteiger charge is -2.39. The zero-order chi connectivity index (χ0) is 20.5. The van der Waals surface area contributed by atoms with Crippen molar-refractivity contribution in [2.45, 2.75) is 51.3 Å². The molecule has 1 amide bonds. The van der Waals surface area contributed by atoms with Crippen LogP contribution in [0, 0.1) is 5.92 Å². The number of benzene rings is 1. The van der Waals surface area contributed by atoms with Gasteiger partial charge >= 0.3 is 12.1 Å². The van der Waals surface area contributed by atoms with Crippen LogP contribution in [0.1, 0.15) is 32.8 Å². The van der Waals surface area contributed by atoms with Gasteiger partial charge in [0.05, 0.1) is 0 Å². The lowest BCUT2D eigenvalue weighted by Crippen LogP contribution is -2.53. The van der Waals surface area contributed by atoms with Gasteiger partial charge in [-0.15, -0.1) is 0 Å². The molecule has 2 aliphatic heterocycles. The van der Waals surface area contributed by atoms with E-state index in [-0.39, 0.29) is 25.4 Å². The molecular weight excluding hydrogens is 364 g/mol. The van der Waals surface area contributed by atoms with Crippen molar-refractivity contribution < 1.29 is 28.5 Å². The van der Waals surface area contributed by atoms with Crippen molar-refractivity contribution in [3.63, 3.8) is 0 Å². The van der Waals surface area contributed by atoms with Crippen molar-refractivity contribution in [2.24, 2.45) is 11.7 Å². The number of rotatable bonds is 5. The molecule has 1 fully saturated rings. The van der Waals surface area contributed by atoms with Crippen molar-refractivity contribution in [1.82, 2.24) is 4.90 Å². The van der Waals surface area contributed by atoms with Crippen molar-refractivity contribution >= 4 is 12.1 Å². The van der Waals surface area contributed by atoms with Crippen LogP contribution < -0.4 is 15.2 Å². The fourth-order valence-corrected chi connectivity index (χ4v) is 3.52. The van der Waals surface area contributed by atoms with E-state index in [0.717, 1.165) is 11.3 Å². The molecule has 1 aromatic rings. The smallest absolute Gasteiger partial charge is 0.409 e. The lowest BCUT2D eigenvalue weighted by atomic mass is 9.86. The van der Waals surface area contributed by atoms with Gasteiger partial charge in [-0.05, 0) is 50.3 Å². The number of fused-ring (bicyclic) bond motifs is 1. The van der Waals surface area contributed by atoms with Crippen LogP contribution in [0.4, 0.5) is 4.79 Å². The number of likely N-dealkylation sites (N-methyl/N-ethyl adjacent to an activating group) is 1. The Kier molecular flexibility index (Phi) is 5.69. The number of nitrogens with two attached hydrogens (primary N) is 1. The maximum absolute atomic E-state index is 12.5. The monoisotopic (exact) mass is 392 g/mol. The zero-order valence-corrected chi connectivity index (χ0v) is 16.8. The van der Waals surface area contributed by atoms with Crippen LogP contribution in [-0.2, 0) is 20.7 Å². The van der Waals surface area contributed by atoms with E-state index in [1.807, 2.05) is 32.0 Å². The van der Waals surface area contributed by atoms with Gasteiger partial charge < -0.3 is 29.6 Å². The second kappa shape index (κ2) is 7.87. The van der Waals surface area contributed by atoms with Crippen molar-refractivity contribution in [1.29, 1.82) is 0 Å². The fraction of sp³-hybridized carbons (Fsp3) is 0.600. The van der Waals surface area contributed by atoms with E-state index in [1.165, 1.54) is 4.90 Å². The molecule has 2 heterocycles. The van der Waals surface area contributed by atoms with Crippen molar-refractivity contribution in [3.05, 3.63) is 23.8 Å². The summed E-state index contributed by atoms with van der Waals surface area (Å²) in [6.45, 7) is 5.82. The minimum absolute atomic E-state index is 0.00425. The number of carbonyl (C=O) groups is 2. The van der Waals surface area contributed by atoms with E-state index >= 15 is 0 Å². The lowest BCUT2D eigenvalue weighted by molar-refractivity contribution is -0.177. The summed E-state index contributed by atoms with van der Waals surface area (Å²) < 4.78 is 21.5. The van der Waals surface area contributed by atoms with E-state index in [0.29, 0.717) is 18.6 Å². The third-order valence-electron chi connectivity index (χ3n) is 5.40. The molecule has 0 aromatic heterocycles. The molecule has 4 unspecified atom stereocenters. The van der Waals surface area contributed by atoms with E-state index in [4.69, 9.17) is 24.7 Å². The standard InChI is InChI=1S/C20H28N2O6/c1-12-9-20(3,28-18(23)17(12)21)10-25-19(24)22(4)13(2)7-14-5-6-15-16(8-14)27-11-26-15/h5-6,8,12-13,17H,7,9-11,21H2,1-4H3. The predicted molar refractivity (Wildman–Crippen MR) is 101 cm³/mol. The van der Waals surface area contributed by atoms with Crippen LogP contribution in [0.2, 0.25) is 0 Å². The van der Waals surface area contributed by atoms with Crippen LogP contribution in [0.3, 0.4) is 0 Å². The number of esters is 1. The largest absolute Gasteiger partial charge is 0.455 e. The topological polar surface area (TPSA) is 100 Å². The summed E-state index contributed by atoms with van der Waals surface area (Å²) in [6, 6.07) is 5.02. The number of nitrogens with zero attached hydrogens (tertiary/aromatic N) is 1. The minimum Gasteiger partial charge on any atom is -0.455 e. The van der Waals surface area contributed by atoms with Gasteiger partial charge in [-0.2, -0.15) is 0 Å². The van der Waals surface area contributed by atoms with Gasteiger partial charge in [0.25, 0.3) is 0 Å². The Hall–Kier alpha value is -2.48. The van der Waals surface area contributed by atoms with E-state index in [1.54, 1.807) is 14.0 Å². The van der Waals surface area contributed by atoms with Gasteiger partial charge in [0, 0.05) is 13.1 Å². The first kappa shape index (κ1) is 20.3. The second-order valence-electron chi connectivity index (χ2n) is 7.98. The first-order chi connectivity index (χ1) is 13.2. The molecule has 1 saturated heterocycles. The van der Waals surface area contributed by atoms with Crippen molar-refractivity contribution in [2.75, 3.05) is 20.4 Å². The molecule has 2 N–H and O–H groups in total. The Morgan fingerprint density at radius 1 is 1.39 bits per heavy atom. The maximum atomic E-state index is 12.5. The molecule has 0 saturated carbocycles. The van der Waals surface area contributed by atoms with E-state index in [9.17, 15) is 9.59 Å². The van der Waals surface area contributed by atoms with Gasteiger partial charge in [0.1, 0.15) is 18.2 Å². The highest BCUT2D eigenvalue weighted by molar-refractivity contribution is 5.77. The zero-order valence-electron chi connectivity index (χ0n) is 16.8. The Bertz CT molecular complexity index is 754. The molecule has 154 valence electrons. The number of amides is 1. The third-order valence-corrected chi connectivity index (χ3v) is 5.40. The first-order valence-electron chi connectivity index (χ1n) is 9.45. The normalized spacial score (nSPS) is 27.1. The number of ether oxygens (including phenoxy) is 4. The van der Waals surface area contributed by atoms with Crippen LogP contribution in [0.15, 0.2) is 18.2 Å². The predicted octanol–water partition coefficient (Wildman–Crippen LogP) is 2.08. The number of cyclic esters (lactones) is 1. The molecule has 0 aliphatic carbocycles. The Morgan fingerprint density at radius 3 is 2.82 bits per heavy atom. The molecule has 3 rings (SSSR count). The summed E-state index contributed by atoms with van der Waals surface area (Å²) in [6.07, 6.45) is 0.720. The molecule has 8 heteroatoms. The Labute approximate surface area is 164 Å². The molecule has 2 aliphatic rings. The maximum Gasteiger partial charge on any atom is 0.409 e. The molecule has 4 atom stereocenters. The van der Waals surface area contributed by atoms with Crippen LogP contribution in [0.25, 0.3) is 0 Å². The summed E-state index contributed by atoms with van der Waals surface area (Å²) in [5.74, 6) is 0.956. The molecular formula is C20H28N2O6. The average molecular weight is 392 g/mol. The quantitative estimate of drug-likeness (QED) is 0.766. The summed E-state index contributed by atoms with van der Waals surface area (Å²) >= 11 is 0. The number of hydrogen-bond acceptors (Lipinski definition) is 7. The SMILES string of the molecule is CC1CC(C)(COC(=O)N(C)C(C)Cc2ccc3c(c2)OCO3)OC(=O)C1N. The summed E-state index contributed by atoms with van der Waals surface area (Å²) in [4.78, 5) is 25.9. The van der Waals surface area contributed by atoms with Gasteiger partial charge in [-0.3, -0.25) is 4.79 Å². The highest BCUT2D eigenvalue weighted by atomic mass is 16.7. The average Bonchev–Trinajstić information content (AvgIpc) is 3.11. The van der Waals surface area contributed by atoms with Crippen molar-refractivity contribution in [3.8, 4) is 11.5 Å². The van der Waals surface area contributed by atoms with Crippen LogP contribution >= 0.6 is 0 Å². The molecule has 0 bridgehead atoms. The van der Waals surface area contributed by atoms with Gasteiger partial charge in [-0.1, -0.05) is 13.0 Å². The van der Waals surface area contributed by atoms with Gasteiger partial charge in [0.15, 0.2) is 11.5 Å². The fourth-order valence-electron chi connectivity index (χ4n) is 3.52. The minimum atomic E-state index is -0.858. The van der Waals surface area contributed by atoms with Gasteiger partial charge in [-0.25, -0.2) is 4.79 Å². The molecule has 28 heavy (non-hydrogen) atoms. The summed E-state index contributed by atoms with van der Waals surface area (Å²) in [7, 11) is 1.69. The first-order valence-corrected chi connectivity index (χ1v) is 9.45. The number of carbonyl (C=O) groups excluding carboxylic acids is 2. The van der Waals surface area contributed by atoms with E-state index < -0.39 is 23.7 Å². The van der Waals surface area contributed by atoms with Gasteiger partial charge in [0.2, 0.25) is 6.79 Å². The summed E-state index contributed by atoms with van der Waals surface area (Å²) in [5, 5.41) is 0. The Balaban J connectivity index is 1.53. The third kappa shape index (κ3) is 4.32. The molecule has 0 radical (unpaired) electrons. The number of hydrogen-bond donors (Lipinski definition) is 1. The highest BCUT2D eigenvalue weighted by Crippen LogP contribution is 2.33. The van der Waals surface area contributed by atoms with E-state index in [2.05, 4.69) is 0 Å².